The van der Waals surface area contributed by atoms with Gasteiger partial charge in [-0.15, -0.1) is 0 Å². The van der Waals surface area contributed by atoms with E-state index >= 15 is 0 Å². The van der Waals surface area contributed by atoms with E-state index in [1.807, 2.05) is 0 Å². The third kappa shape index (κ3) is 4.77. The maximum atomic E-state index is 10.3. The first-order chi connectivity index (χ1) is 4.31. The van der Waals surface area contributed by atoms with Crippen LogP contribution >= 0.6 is 0 Å². The van der Waals surface area contributed by atoms with Gasteiger partial charge in [0.15, 0.2) is 0 Å². The molecule has 9 heavy (non-hydrogen) atoms. The van der Waals surface area contributed by atoms with E-state index < -0.39 is 5.97 Å². The summed E-state index contributed by atoms with van der Waals surface area (Å²) in [7, 11) is 0. The molecule has 0 aliphatic carbocycles. The summed E-state index contributed by atoms with van der Waals surface area (Å²) in [6, 6.07) is 0. The lowest BCUT2D eigenvalue weighted by atomic mass is 10.5. The Bertz CT molecular complexity index is 126. The molecule has 1 N–H and O–H groups in total. The second-order valence-corrected chi connectivity index (χ2v) is 1.19. The van der Waals surface area contributed by atoms with Crippen LogP contribution in [0.2, 0.25) is 0 Å². The number of ether oxygens (including phenoxy) is 1. The Morgan fingerprint density at radius 1 is 1.78 bits per heavy atom. The minimum absolute atomic E-state index is 0.160. The van der Waals surface area contributed by atoms with Crippen LogP contribution in [0.15, 0.2) is 25.0 Å². The van der Waals surface area contributed by atoms with Crippen molar-refractivity contribution in [2.75, 3.05) is 6.61 Å². The Labute approximate surface area is 53.3 Å². The predicted molar refractivity (Wildman–Crippen MR) is 32.5 cm³/mol. The van der Waals surface area contributed by atoms with Crippen LogP contribution in [0, 0.1) is 0 Å². The molecule has 0 heterocycles. The van der Waals surface area contributed by atoms with E-state index in [1.165, 1.54) is 6.08 Å². The molecule has 50 valence electrons. The van der Waals surface area contributed by atoms with E-state index in [0.29, 0.717) is 0 Å². The summed E-state index contributed by atoms with van der Waals surface area (Å²) in [6.07, 6.45) is 3.44. The number of aliphatic hydroxyl groups excluding tert-OH is 1. The number of rotatable bonds is 3. The van der Waals surface area contributed by atoms with Gasteiger partial charge in [0.1, 0.15) is 0 Å². The lowest BCUT2D eigenvalue weighted by Gasteiger charge is -1.87. The van der Waals surface area contributed by atoms with E-state index in [2.05, 4.69) is 11.3 Å². The largest absolute Gasteiger partial charge is 0.432 e. The van der Waals surface area contributed by atoms with Crippen molar-refractivity contribution in [3.05, 3.63) is 25.0 Å². The zero-order valence-electron chi connectivity index (χ0n) is 4.91. The van der Waals surface area contributed by atoms with E-state index in [9.17, 15) is 4.79 Å². The quantitative estimate of drug-likeness (QED) is 0.336. The van der Waals surface area contributed by atoms with Gasteiger partial charge in [0, 0.05) is 6.08 Å². The molecule has 0 amide bonds. The predicted octanol–water partition coefficient (Wildman–Crippen LogP) is 0.222. The van der Waals surface area contributed by atoms with Gasteiger partial charge < -0.3 is 9.84 Å². The summed E-state index contributed by atoms with van der Waals surface area (Å²) in [4.78, 5) is 10.3. The summed E-state index contributed by atoms with van der Waals surface area (Å²) >= 11 is 0. The molecule has 0 fully saturated rings. The van der Waals surface area contributed by atoms with Gasteiger partial charge in [-0.1, -0.05) is 12.7 Å². The van der Waals surface area contributed by atoms with Gasteiger partial charge in [0.25, 0.3) is 0 Å². The highest BCUT2D eigenvalue weighted by Gasteiger charge is 1.88. The Hall–Kier alpha value is -1.09. The summed E-state index contributed by atoms with van der Waals surface area (Å²) < 4.78 is 4.27. The number of carbonyl (C=O) groups excluding carboxylic acids is 1. The molecule has 0 aliphatic heterocycles. The van der Waals surface area contributed by atoms with Crippen LogP contribution in [0.4, 0.5) is 0 Å². The maximum Gasteiger partial charge on any atom is 0.335 e. The highest BCUT2D eigenvalue weighted by atomic mass is 16.5. The Kier molecular flexibility index (Phi) is 4.44. The minimum atomic E-state index is -0.529. The molecule has 0 aromatic carbocycles. The molecule has 0 saturated carbocycles. The molecule has 0 aromatic rings. The van der Waals surface area contributed by atoms with Crippen LogP contribution in [-0.4, -0.2) is 17.7 Å². The molecular weight excluding hydrogens is 120 g/mol. The maximum absolute atomic E-state index is 10.3. The number of esters is 1. The van der Waals surface area contributed by atoms with Crippen LogP contribution in [0.25, 0.3) is 0 Å². The lowest BCUT2D eigenvalue weighted by molar-refractivity contribution is -0.132. The molecule has 0 aromatic heterocycles. The average Bonchev–Trinajstić information content (AvgIpc) is 1.85. The Morgan fingerprint density at radius 3 is 2.89 bits per heavy atom. The summed E-state index contributed by atoms with van der Waals surface area (Å²) in [5, 5.41) is 8.16. The van der Waals surface area contributed by atoms with Gasteiger partial charge in [-0.3, -0.25) is 0 Å². The zero-order valence-corrected chi connectivity index (χ0v) is 4.91. The fraction of sp³-hybridized carbons (Fsp3) is 0.167. The lowest BCUT2D eigenvalue weighted by Crippen LogP contribution is -1.92. The second-order valence-electron chi connectivity index (χ2n) is 1.19. The summed E-state index contributed by atoms with van der Waals surface area (Å²) in [5.74, 6) is -0.529. The minimum Gasteiger partial charge on any atom is -0.432 e. The molecule has 3 nitrogen and oxygen atoms in total. The fourth-order valence-electron chi connectivity index (χ4n) is 0.270. The molecular formula is C6H8O3. The first kappa shape index (κ1) is 7.91. The van der Waals surface area contributed by atoms with Gasteiger partial charge in [0.05, 0.1) is 12.9 Å². The molecule has 0 unspecified atom stereocenters. The molecule has 0 saturated heterocycles. The van der Waals surface area contributed by atoms with Crippen molar-refractivity contribution in [3.8, 4) is 0 Å². The van der Waals surface area contributed by atoms with E-state index in [1.54, 1.807) is 0 Å². The number of hydrogen-bond acceptors (Lipinski definition) is 3. The van der Waals surface area contributed by atoms with Gasteiger partial charge in [-0.2, -0.15) is 0 Å². The fourth-order valence-corrected chi connectivity index (χ4v) is 0.270. The van der Waals surface area contributed by atoms with Crippen LogP contribution < -0.4 is 0 Å². The summed E-state index contributed by atoms with van der Waals surface area (Å²) in [5.41, 5.74) is 0. The van der Waals surface area contributed by atoms with E-state index in [4.69, 9.17) is 5.11 Å². The smallest absolute Gasteiger partial charge is 0.335 e. The standard InChI is InChI=1S/C6H8O3/c1-2-9-6(8)4-3-5-7/h2-4,7H,1,5H2. The first-order valence-electron chi connectivity index (χ1n) is 2.40. The number of aliphatic hydroxyl groups is 1. The topological polar surface area (TPSA) is 46.5 Å². The van der Waals surface area contributed by atoms with Crippen LogP contribution in [0.3, 0.4) is 0 Å². The van der Waals surface area contributed by atoms with Gasteiger partial charge in [-0.25, -0.2) is 4.79 Å². The van der Waals surface area contributed by atoms with Crippen LogP contribution in [0.1, 0.15) is 0 Å². The molecule has 0 rings (SSSR count). The molecule has 0 aliphatic rings. The Balaban J connectivity index is 3.49. The molecule has 0 spiro atoms. The second kappa shape index (κ2) is 5.05. The molecule has 0 radical (unpaired) electrons. The summed E-state index contributed by atoms with van der Waals surface area (Å²) in [6.45, 7) is 3.01. The van der Waals surface area contributed by atoms with E-state index in [0.717, 1.165) is 12.3 Å². The first-order valence-corrected chi connectivity index (χ1v) is 2.40. The average molecular weight is 128 g/mol. The zero-order chi connectivity index (χ0) is 7.11. The SMILES string of the molecule is C=COC(=O)C=CCO. The third-order valence-electron chi connectivity index (χ3n) is 0.559. The number of hydrogen-bond donors (Lipinski definition) is 1. The van der Waals surface area contributed by atoms with E-state index in [-0.39, 0.29) is 6.61 Å². The van der Waals surface area contributed by atoms with Crippen molar-refractivity contribution in [1.82, 2.24) is 0 Å². The van der Waals surface area contributed by atoms with Crippen LogP contribution in [-0.2, 0) is 9.53 Å². The van der Waals surface area contributed by atoms with Gasteiger partial charge in [0.2, 0.25) is 0 Å². The van der Waals surface area contributed by atoms with Crippen molar-refractivity contribution in [2.24, 2.45) is 0 Å². The van der Waals surface area contributed by atoms with Crippen molar-refractivity contribution < 1.29 is 14.6 Å². The molecule has 0 atom stereocenters. The Morgan fingerprint density at radius 2 is 2.44 bits per heavy atom. The molecule has 0 bridgehead atoms. The van der Waals surface area contributed by atoms with Crippen LogP contribution in [0.5, 0.6) is 0 Å². The van der Waals surface area contributed by atoms with Gasteiger partial charge in [-0.05, 0) is 0 Å². The van der Waals surface area contributed by atoms with Crippen molar-refractivity contribution in [3.63, 3.8) is 0 Å². The highest BCUT2D eigenvalue weighted by molar-refractivity contribution is 5.82. The normalized spacial score (nSPS) is 9.44. The van der Waals surface area contributed by atoms with Crippen molar-refractivity contribution >= 4 is 5.97 Å². The van der Waals surface area contributed by atoms with Crippen molar-refractivity contribution in [2.45, 2.75) is 0 Å². The van der Waals surface area contributed by atoms with Crippen molar-refractivity contribution in [1.29, 1.82) is 0 Å². The monoisotopic (exact) mass is 128 g/mol. The number of carbonyl (C=O) groups is 1. The van der Waals surface area contributed by atoms with Gasteiger partial charge >= 0.3 is 5.97 Å². The third-order valence-corrected chi connectivity index (χ3v) is 0.559. The molecule has 3 heteroatoms. The highest BCUT2D eigenvalue weighted by Crippen LogP contribution is 1.79.